The molecule has 0 aromatic heterocycles. The van der Waals surface area contributed by atoms with E-state index < -0.39 is 0 Å². The summed E-state index contributed by atoms with van der Waals surface area (Å²) in [7, 11) is 0. The van der Waals surface area contributed by atoms with Crippen LogP contribution in [-0.4, -0.2) is 24.3 Å². The van der Waals surface area contributed by atoms with E-state index in [9.17, 15) is 14.4 Å². The summed E-state index contributed by atoms with van der Waals surface area (Å²) in [6, 6.07) is 5.42. The Labute approximate surface area is 115 Å². The average molecular weight is 273 g/mol. The highest BCUT2D eigenvalue weighted by molar-refractivity contribution is 5.98. The van der Waals surface area contributed by atoms with Gasteiger partial charge in [0.1, 0.15) is 0 Å². The third-order valence-electron chi connectivity index (χ3n) is 3.62. The minimum atomic E-state index is -0.307. The lowest BCUT2D eigenvalue weighted by molar-refractivity contribution is -0.123. The van der Waals surface area contributed by atoms with Crippen molar-refractivity contribution in [2.45, 2.75) is 19.3 Å². The number of hydrogen-bond acceptors (Lipinski definition) is 3. The molecule has 2 aliphatic heterocycles. The van der Waals surface area contributed by atoms with Crippen molar-refractivity contribution >= 4 is 29.1 Å². The molecule has 6 heteroatoms. The van der Waals surface area contributed by atoms with Gasteiger partial charge in [-0.3, -0.25) is 14.4 Å². The van der Waals surface area contributed by atoms with Crippen LogP contribution in [0.4, 0.5) is 11.4 Å². The summed E-state index contributed by atoms with van der Waals surface area (Å²) in [5.41, 5.74) is 2.52. The minimum Gasteiger partial charge on any atom is -0.355 e. The van der Waals surface area contributed by atoms with E-state index in [1.165, 1.54) is 0 Å². The number of carbonyl (C=O) groups excluding carboxylic acids is 3. The molecule has 20 heavy (non-hydrogen) atoms. The van der Waals surface area contributed by atoms with Gasteiger partial charge in [-0.05, 0) is 30.2 Å². The standard InChI is InChI=1S/C14H15N3O3/c18-12-4-1-8-5-10(2-3-11(8)17-12)16-14(20)9-6-13(19)15-7-9/h2-3,5,9H,1,4,6-7H2,(H,15,19)(H,16,20)(H,17,18). The molecule has 6 nitrogen and oxygen atoms in total. The fraction of sp³-hybridized carbons (Fsp3) is 0.357. The van der Waals surface area contributed by atoms with Crippen LogP contribution in [0.3, 0.4) is 0 Å². The largest absolute Gasteiger partial charge is 0.355 e. The highest BCUT2D eigenvalue weighted by atomic mass is 16.2. The van der Waals surface area contributed by atoms with Gasteiger partial charge in [0.05, 0.1) is 5.92 Å². The van der Waals surface area contributed by atoms with E-state index in [0.717, 1.165) is 11.3 Å². The third kappa shape index (κ3) is 2.49. The van der Waals surface area contributed by atoms with Crippen LogP contribution in [-0.2, 0) is 20.8 Å². The van der Waals surface area contributed by atoms with Gasteiger partial charge >= 0.3 is 0 Å². The van der Waals surface area contributed by atoms with Crippen LogP contribution in [0.2, 0.25) is 0 Å². The summed E-state index contributed by atoms with van der Waals surface area (Å²) < 4.78 is 0. The van der Waals surface area contributed by atoms with Crippen molar-refractivity contribution in [3.63, 3.8) is 0 Å². The number of anilines is 2. The molecular weight excluding hydrogens is 258 g/mol. The smallest absolute Gasteiger partial charge is 0.229 e. The number of benzene rings is 1. The van der Waals surface area contributed by atoms with Gasteiger partial charge in [0, 0.05) is 30.8 Å². The third-order valence-corrected chi connectivity index (χ3v) is 3.62. The number of amides is 3. The second kappa shape index (κ2) is 4.96. The first kappa shape index (κ1) is 12.7. The predicted molar refractivity (Wildman–Crippen MR) is 73.1 cm³/mol. The van der Waals surface area contributed by atoms with Crippen LogP contribution in [0.5, 0.6) is 0 Å². The molecule has 0 radical (unpaired) electrons. The van der Waals surface area contributed by atoms with Gasteiger partial charge in [0.25, 0.3) is 0 Å². The lowest BCUT2D eigenvalue weighted by Crippen LogP contribution is -2.25. The number of hydrogen-bond donors (Lipinski definition) is 3. The molecule has 1 aromatic carbocycles. The van der Waals surface area contributed by atoms with E-state index in [2.05, 4.69) is 16.0 Å². The zero-order chi connectivity index (χ0) is 14.1. The Morgan fingerprint density at radius 3 is 2.80 bits per heavy atom. The number of nitrogens with one attached hydrogen (secondary N) is 3. The van der Waals surface area contributed by atoms with Crippen LogP contribution >= 0.6 is 0 Å². The second-order valence-corrected chi connectivity index (χ2v) is 5.11. The van der Waals surface area contributed by atoms with Crippen LogP contribution in [0.15, 0.2) is 18.2 Å². The molecule has 3 amide bonds. The zero-order valence-electron chi connectivity index (χ0n) is 10.9. The van der Waals surface area contributed by atoms with Gasteiger partial charge in [-0.25, -0.2) is 0 Å². The zero-order valence-corrected chi connectivity index (χ0v) is 10.9. The fourth-order valence-corrected chi connectivity index (χ4v) is 2.50. The Bertz CT molecular complexity index is 597. The molecule has 104 valence electrons. The number of rotatable bonds is 2. The summed E-state index contributed by atoms with van der Waals surface area (Å²) in [4.78, 5) is 34.4. The van der Waals surface area contributed by atoms with Crippen molar-refractivity contribution in [1.29, 1.82) is 0 Å². The Hall–Kier alpha value is -2.37. The molecule has 2 heterocycles. The molecule has 0 saturated carbocycles. The molecule has 1 atom stereocenters. The van der Waals surface area contributed by atoms with E-state index in [0.29, 0.717) is 25.1 Å². The van der Waals surface area contributed by atoms with Gasteiger partial charge in [0.2, 0.25) is 17.7 Å². The Kier molecular flexibility index (Phi) is 3.14. The van der Waals surface area contributed by atoms with Crippen LogP contribution < -0.4 is 16.0 Å². The Morgan fingerprint density at radius 2 is 2.05 bits per heavy atom. The SMILES string of the molecule is O=C1CC(C(=O)Nc2ccc3c(c2)CCC(=O)N3)CN1. The molecule has 1 aromatic rings. The molecule has 0 bridgehead atoms. The minimum absolute atomic E-state index is 0.0184. The number of aryl methyl sites for hydroxylation is 1. The van der Waals surface area contributed by atoms with Gasteiger partial charge < -0.3 is 16.0 Å². The van der Waals surface area contributed by atoms with E-state index >= 15 is 0 Å². The number of fused-ring (bicyclic) bond motifs is 1. The van der Waals surface area contributed by atoms with Crippen molar-refractivity contribution in [3.05, 3.63) is 23.8 Å². The highest BCUT2D eigenvalue weighted by Gasteiger charge is 2.28. The first-order chi connectivity index (χ1) is 9.61. The molecule has 1 unspecified atom stereocenters. The maximum atomic E-state index is 12.0. The van der Waals surface area contributed by atoms with Crippen molar-refractivity contribution in [3.8, 4) is 0 Å². The quantitative estimate of drug-likeness (QED) is 0.739. The Morgan fingerprint density at radius 1 is 1.20 bits per heavy atom. The fourth-order valence-electron chi connectivity index (χ4n) is 2.50. The molecule has 3 rings (SSSR count). The molecule has 1 saturated heterocycles. The number of carbonyl (C=O) groups is 3. The van der Waals surface area contributed by atoms with Crippen molar-refractivity contribution in [2.24, 2.45) is 5.92 Å². The molecule has 1 fully saturated rings. The van der Waals surface area contributed by atoms with E-state index in [1.54, 1.807) is 12.1 Å². The van der Waals surface area contributed by atoms with Gasteiger partial charge in [0.15, 0.2) is 0 Å². The summed E-state index contributed by atoms with van der Waals surface area (Å²) >= 11 is 0. The van der Waals surface area contributed by atoms with E-state index in [4.69, 9.17) is 0 Å². The van der Waals surface area contributed by atoms with Gasteiger partial charge in [-0.2, -0.15) is 0 Å². The molecule has 0 spiro atoms. The van der Waals surface area contributed by atoms with Crippen LogP contribution in [0.25, 0.3) is 0 Å². The summed E-state index contributed by atoms with van der Waals surface area (Å²) in [6.45, 7) is 0.395. The molecule has 2 aliphatic rings. The second-order valence-electron chi connectivity index (χ2n) is 5.11. The lowest BCUT2D eigenvalue weighted by Gasteiger charge is -2.18. The van der Waals surface area contributed by atoms with Gasteiger partial charge in [-0.1, -0.05) is 0 Å². The molecular formula is C14H15N3O3. The summed E-state index contributed by atoms with van der Waals surface area (Å²) in [6.07, 6.45) is 1.38. The highest BCUT2D eigenvalue weighted by Crippen LogP contribution is 2.26. The van der Waals surface area contributed by atoms with Crippen molar-refractivity contribution in [2.75, 3.05) is 17.2 Å². The van der Waals surface area contributed by atoms with E-state index in [-0.39, 0.29) is 30.1 Å². The first-order valence-corrected chi connectivity index (χ1v) is 6.62. The maximum Gasteiger partial charge on any atom is 0.229 e. The van der Waals surface area contributed by atoms with Crippen LogP contribution in [0.1, 0.15) is 18.4 Å². The lowest BCUT2D eigenvalue weighted by atomic mass is 10.0. The van der Waals surface area contributed by atoms with E-state index in [1.807, 2.05) is 6.07 Å². The molecule has 0 aliphatic carbocycles. The van der Waals surface area contributed by atoms with Crippen molar-refractivity contribution < 1.29 is 14.4 Å². The average Bonchev–Trinajstić information content (AvgIpc) is 2.86. The first-order valence-electron chi connectivity index (χ1n) is 6.62. The topological polar surface area (TPSA) is 87.3 Å². The van der Waals surface area contributed by atoms with Crippen LogP contribution in [0, 0.1) is 5.92 Å². The van der Waals surface area contributed by atoms with Gasteiger partial charge in [-0.15, -0.1) is 0 Å². The summed E-state index contributed by atoms with van der Waals surface area (Å²) in [5, 5.41) is 8.26. The van der Waals surface area contributed by atoms with Crippen molar-refractivity contribution in [1.82, 2.24) is 5.32 Å². The maximum absolute atomic E-state index is 12.0. The Balaban J connectivity index is 1.70. The summed E-state index contributed by atoms with van der Waals surface area (Å²) in [5.74, 6) is -0.524. The monoisotopic (exact) mass is 273 g/mol. The molecule has 3 N–H and O–H groups in total. The predicted octanol–water partition coefficient (Wildman–Crippen LogP) is 0.646. The normalized spacial score (nSPS) is 20.9.